The Kier molecular flexibility index (Phi) is 2.35. The zero-order valence-corrected chi connectivity index (χ0v) is 7.82. The van der Waals surface area contributed by atoms with E-state index in [1.807, 2.05) is 0 Å². The fourth-order valence-corrected chi connectivity index (χ4v) is 1.68. The summed E-state index contributed by atoms with van der Waals surface area (Å²) in [6.07, 6.45) is 4.13. The minimum absolute atomic E-state index is 0.113. The molecule has 0 saturated carbocycles. The van der Waals surface area contributed by atoms with Crippen molar-refractivity contribution in [3.8, 4) is 0 Å². The number of carbonyl (C=O) groups excluding carboxylic acids is 1. The highest BCUT2D eigenvalue weighted by molar-refractivity contribution is 5.93. The molecule has 74 valence electrons. The Morgan fingerprint density at radius 1 is 1.29 bits per heavy atom. The number of carbonyl (C=O) groups is 1. The molecule has 1 aliphatic heterocycles. The number of nitrogens with zero attached hydrogens (tertiary/aromatic N) is 1. The maximum atomic E-state index is 11.5. The topological polar surface area (TPSA) is 53.2 Å². The lowest BCUT2D eigenvalue weighted by molar-refractivity contribution is -0.119. The van der Waals surface area contributed by atoms with Gasteiger partial charge in [0.15, 0.2) is 0 Å². The molecule has 1 N–H and O–H groups in total. The lowest BCUT2D eigenvalue weighted by Gasteiger charge is -2.26. The molecular formula is C10H12N2O2. The van der Waals surface area contributed by atoms with Crippen LogP contribution in [-0.2, 0) is 4.79 Å². The highest BCUT2D eigenvalue weighted by Gasteiger charge is 2.19. The summed E-state index contributed by atoms with van der Waals surface area (Å²) in [6, 6.07) is 3.22. The van der Waals surface area contributed by atoms with E-state index in [0.717, 1.165) is 19.4 Å². The molecule has 1 amide bonds. The van der Waals surface area contributed by atoms with Crippen LogP contribution in [0.1, 0.15) is 19.3 Å². The van der Waals surface area contributed by atoms with Crippen molar-refractivity contribution in [2.24, 2.45) is 0 Å². The van der Waals surface area contributed by atoms with E-state index in [-0.39, 0.29) is 11.5 Å². The van der Waals surface area contributed by atoms with Crippen LogP contribution in [0.25, 0.3) is 0 Å². The van der Waals surface area contributed by atoms with Crippen molar-refractivity contribution in [3.63, 3.8) is 0 Å². The van der Waals surface area contributed by atoms with Crippen molar-refractivity contribution in [3.05, 3.63) is 28.7 Å². The maximum absolute atomic E-state index is 11.5. The van der Waals surface area contributed by atoms with Crippen LogP contribution in [0.2, 0.25) is 0 Å². The average Bonchev–Trinajstić information content (AvgIpc) is 2.18. The van der Waals surface area contributed by atoms with Gasteiger partial charge in [-0.1, -0.05) is 0 Å². The quantitative estimate of drug-likeness (QED) is 0.718. The van der Waals surface area contributed by atoms with Gasteiger partial charge >= 0.3 is 0 Å². The monoisotopic (exact) mass is 192 g/mol. The SMILES string of the molecule is O=C1CCCCN1c1cc[nH]c(=O)c1. The third-order valence-corrected chi connectivity index (χ3v) is 2.39. The molecule has 0 atom stereocenters. The van der Waals surface area contributed by atoms with E-state index in [2.05, 4.69) is 4.98 Å². The molecule has 14 heavy (non-hydrogen) atoms. The van der Waals surface area contributed by atoms with Crippen LogP contribution >= 0.6 is 0 Å². The van der Waals surface area contributed by atoms with Gasteiger partial charge in [0.25, 0.3) is 0 Å². The summed E-state index contributed by atoms with van der Waals surface area (Å²) in [7, 11) is 0. The van der Waals surface area contributed by atoms with Gasteiger partial charge in [-0.15, -0.1) is 0 Å². The van der Waals surface area contributed by atoms with Crippen LogP contribution in [0, 0.1) is 0 Å². The van der Waals surface area contributed by atoms with Gasteiger partial charge in [-0.3, -0.25) is 9.59 Å². The Morgan fingerprint density at radius 3 is 2.86 bits per heavy atom. The van der Waals surface area contributed by atoms with Crippen molar-refractivity contribution in [2.75, 3.05) is 11.4 Å². The second kappa shape index (κ2) is 3.65. The summed E-state index contributed by atoms with van der Waals surface area (Å²) < 4.78 is 0. The molecule has 2 heterocycles. The third-order valence-electron chi connectivity index (χ3n) is 2.39. The molecule has 0 radical (unpaired) electrons. The zero-order valence-electron chi connectivity index (χ0n) is 7.82. The van der Waals surface area contributed by atoms with Gasteiger partial charge in [-0.05, 0) is 18.9 Å². The molecule has 0 spiro atoms. The number of anilines is 1. The summed E-state index contributed by atoms with van der Waals surface area (Å²) in [5.41, 5.74) is 0.541. The Balaban J connectivity index is 2.29. The zero-order chi connectivity index (χ0) is 9.97. The molecule has 0 bridgehead atoms. The lowest BCUT2D eigenvalue weighted by Crippen LogP contribution is -2.35. The normalized spacial score (nSPS) is 17.1. The number of pyridine rings is 1. The summed E-state index contributed by atoms with van der Waals surface area (Å²) in [5.74, 6) is 0.113. The fourth-order valence-electron chi connectivity index (χ4n) is 1.68. The molecule has 0 aliphatic carbocycles. The van der Waals surface area contributed by atoms with Gasteiger partial charge in [-0.25, -0.2) is 0 Å². The van der Waals surface area contributed by atoms with E-state index in [1.165, 1.54) is 6.07 Å². The van der Waals surface area contributed by atoms with Crippen molar-refractivity contribution < 1.29 is 4.79 Å². The molecule has 4 nitrogen and oxygen atoms in total. The van der Waals surface area contributed by atoms with Crippen molar-refractivity contribution in [1.82, 2.24) is 4.98 Å². The first-order valence-electron chi connectivity index (χ1n) is 4.76. The van der Waals surface area contributed by atoms with Crippen LogP contribution in [0.3, 0.4) is 0 Å². The van der Waals surface area contributed by atoms with Crippen LogP contribution in [0.4, 0.5) is 5.69 Å². The number of aromatic amines is 1. The lowest BCUT2D eigenvalue weighted by atomic mass is 10.1. The Hall–Kier alpha value is -1.58. The molecule has 1 saturated heterocycles. The van der Waals surface area contributed by atoms with E-state index in [0.29, 0.717) is 12.1 Å². The molecule has 1 aromatic rings. The standard InChI is InChI=1S/C10H12N2O2/c13-9-7-8(4-5-11-9)12-6-2-1-3-10(12)14/h4-5,7H,1-3,6H2,(H,11,13). The smallest absolute Gasteiger partial charge is 0.249 e. The molecule has 1 aromatic heterocycles. The molecule has 4 heteroatoms. The Bertz CT molecular complexity index is 397. The molecule has 1 fully saturated rings. The van der Waals surface area contributed by atoms with Gasteiger partial charge in [0, 0.05) is 25.2 Å². The minimum atomic E-state index is -0.166. The first kappa shape index (κ1) is 8.99. The van der Waals surface area contributed by atoms with Gasteiger partial charge in [-0.2, -0.15) is 0 Å². The summed E-state index contributed by atoms with van der Waals surface area (Å²) in [4.78, 5) is 26.8. The van der Waals surface area contributed by atoms with Crippen LogP contribution < -0.4 is 10.5 Å². The Labute approximate surface area is 81.6 Å². The van der Waals surface area contributed by atoms with E-state index in [9.17, 15) is 9.59 Å². The summed E-state index contributed by atoms with van der Waals surface area (Å²) in [5, 5.41) is 0. The van der Waals surface area contributed by atoms with Crippen molar-refractivity contribution in [1.29, 1.82) is 0 Å². The highest BCUT2D eigenvalue weighted by Crippen LogP contribution is 2.18. The number of rotatable bonds is 1. The predicted octanol–water partition coefficient (Wildman–Crippen LogP) is 0.892. The van der Waals surface area contributed by atoms with Gasteiger partial charge < -0.3 is 9.88 Å². The Morgan fingerprint density at radius 2 is 2.14 bits per heavy atom. The summed E-state index contributed by atoms with van der Waals surface area (Å²) in [6.45, 7) is 0.724. The largest absolute Gasteiger partial charge is 0.329 e. The van der Waals surface area contributed by atoms with Crippen LogP contribution in [-0.4, -0.2) is 17.4 Å². The molecule has 0 aromatic carbocycles. The fraction of sp³-hybridized carbons (Fsp3) is 0.400. The third kappa shape index (κ3) is 1.69. The first-order valence-corrected chi connectivity index (χ1v) is 4.76. The molecule has 2 rings (SSSR count). The average molecular weight is 192 g/mol. The maximum Gasteiger partial charge on any atom is 0.249 e. The second-order valence-electron chi connectivity index (χ2n) is 3.41. The van der Waals surface area contributed by atoms with E-state index >= 15 is 0 Å². The van der Waals surface area contributed by atoms with Gasteiger partial charge in [0.05, 0.1) is 5.69 Å². The van der Waals surface area contributed by atoms with Gasteiger partial charge in [0.1, 0.15) is 0 Å². The number of piperidine rings is 1. The number of aromatic nitrogens is 1. The number of H-pyrrole nitrogens is 1. The van der Waals surface area contributed by atoms with E-state index in [4.69, 9.17) is 0 Å². The number of hydrogen-bond donors (Lipinski definition) is 1. The van der Waals surface area contributed by atoms with Crippen molar-refractivity contribution >= 4 is 11.6 Å². The van der Waals surface area contributed by atoms with Crippen LogP contribution in [0.15, 0.2) is 23.1 Å². The predicted molar refractivity (Wildman–Crippen MR) is 53.3 cm³/mol. The number of hydrogen-bond acceptors (Lipinski definition) is 2. The first-order chi connectivity index (χ1) is 6.77. The summed E-state index contributed by atoms with van der Waals surface area (Å²) >= 11 is 0. The minimum Gasteiger partial charge on any atom is -0.329 e. The molecular weight excluding hydrogens is 180 g/mol. The second-order valence-corrected chi connectivity index (χ2v) is 3.41. The number of amides is 1. The van der Waals surface area contributed by atoms with Crippen LogP contribution in [0.5, 0.6) is 0 Å². The van der Waals surface area contributed by atoms with Gasteiger partial charge in [0.2, 0.25) is 11.5 Å². The van der Waals surface area contributed by atoms with E-state index < -0.39 is 0 Å². The molecule has 1 aliphatic rings. The molecule has 0 unspecified atom stereocenters. The van der Waals surface area contributed by atoms with E-state index in [1.54, 1.807) is 17.2 Å². The van der Waals surface area contributed by atoms with Crippen molar-refractivity contribution in [2.45, 2.75) is 19.3 Å². The highest BCUT2D eigenvalue weighted by atomic mass is 16.2. The number of nitrogens with one attached hydrogen (secondary N) is 1.